The van der Waals surface area contributed by atoms with Crippen molar-refractivity contribution in [1.82, 2.24) is 9.97 Å². The minimum absolute atomic E-state index is 0.102. The maximum atomic E-state index is 12.0. The lowest BCUT2D eigenvalue weighted by Gasteiger charge is -2.11. The van der Waals surface area contributed by atoms with Crippen molar-refractivity contribution in [1.29, 1.82) is 0 Å². The highest BCUT2D eigenvalue weighted by atomic mass is 32.1. The van der Waals surface area contributed by atoms with Crippen LogP contribution < -0.4 is 10.6 Å². The van der Waals surface area contributed by atoms with E-state index in [-0.39, 0.29) is 11.7 Å². The largest absolute Gasteiger partial charge is 0.508 e. The van der Waals surface area contributed by atoms with Crippen LogP contribution in [-0.4, -0.2) is 27.5 Å². The van der Waals surface area contributed by atoms with Crippen LogP contribution in [0.25, 0.3) is 22.4 Å². The fourth-order valence-corrected chi connectivity index (χ4v) is 4.01. The molecular formula is C21H18N4O2S2. The van der Waals surface area contributed by atoms with Crippen molar-refractivity contribution >= 4 is 39.5 Å². The van der Waals surface area contributed by atoms with Crippen LogP contribution in [0.5, 0.6) is 5.75 Å². The number of pyridine rings is 1. The number of aromatic nitrogens is 2. The van der Waals surface area contributed by atoms with E-state index in [1.165, 1.54) is 11.3 Å². The second kappa shape index (κ2) is 8.85. The highest BCUT2D eigenvalue weighted by Gasteiger charge is 2.09. The van der Waals surface area contributed by atoms with E-state index in [4.69, 9.17) is 0 Å². The molecule has 3 aromatic heterocycles. The molecule has 0 atom stereocenters. The number of nitrogens with zero attached hydrogens (tertiary/aromatic N) is 2. The summed E-state index contributed by atoms with van der Waals surface area (Å²) in [4.78, 5) is 20.8. The number of hydrogen-bond donors (Lipinski definition) is 3. The van der Waals surface area contributed by atoms with E-state index >= 15 is 0 Å². The first-order valence-electron chi connectivity index (χ1n) is 8.95. The summed E-state index contributed by atoms with van der Waals surface area (Å²) in [5.41, 5.74) is 3.70. The molecule has 0 fully saturated rings. The third-order valence-corrected chi connectivity index (χ3v) is 5.53. The summed E-state index contributed by atoms with van der Waals surface area (Å²) in [5.74, 6) is 0.766. The molecule has 146 valence electrons. The van der Waals surface area contributed by atoms with E-state index in [1.807, 2.05) is 29.0 Å². The number of nitrogens with one attached hydrogen (secondary N) is 2. The molecule has 0 saturated heterocycles. The van der Waals surface area contributed by atoms with Crippen molar-refractivity contribution in [2.24, 2.45) is 0 Å². The van der Waals surface area contributed by atoms with E-state index in [2.05, 4.69) is 32.0 Å². The normalized spacial score (nSPS) is 10.6. The molecule has 4 aromatic rings. The van der Waals surface area contributed by atoms with Gasteiger partial charge in [-0.2, -0.15) is 11.3 Å². The highest BCUT2D eigenvalue weighted by molar-refractivity contribution is 7.13. The van der Waals surface area contributed by atoms with Crippen LogP contribution in [0, 0.1) is 0 Å². The predicted molar refractivity (Wildman–Crippen MR) is 119 cm³/mol. The topological polar surface area (TPSA) is 87.1 Å². The SMILES string of the molecule is O=C(CCNc1cc(-c2ccsc2)cc(-c2cccc(O)c2)n1)Nc1nccs1. The van der Waals surface area contributed by atoms with E-state index in [0.29, 0.717) is 23.9 Å². The number of thiophene rings is 1. The number of anilines is 2. The number of carbonyl (C=O) groups is 1. The predicted octanol–water partition coefficient (Wildman–Crippen LogP) is 5.08. The smallest absolute Gasteiger partial charge is 0.227 e. The van der Waals surface area contributed by atoms with Crippen LogP contribution in [0.15, 0.2) is 64.8 Å². The zero-order chi connectivity index (χ0) is 20.1. The van der Waals surface area contributed by atoms with Crippen LogP contribution >= 0.6 is 22.7 Å². The van der Waals surface area contributed by atoms with Crippen LogP contribution in [0.1, 0.15) is 6.42 Å². The Labute approximate surface area is 175 Å². The maximum absolute atomic E-state index is 12.0. The lowest BCUT2D eigenvalue weighted by Crippen LogP contribution is -2.16. The molecule has 6 nitrogen and oxygen atoms in total. The number of amides is 1. The third kappa shape index (κ3) is 4.98. The van der Waals surface area contributed by atoms with Gasteiger partial charge in [0.15, 0.2) is 5.13 Å². The summed E-state index contributed by atoms with van der Waals surface area (Å²) in [5, 5.41) is 22.3. The van der Waals surface area contributed by atoms with Crippen LogP contribution in [0.2, 0.25) is 0 Å². The van der Waals surface area contributed by atoms with E-state index in [9.17, 15) is 9.90 Å². The zero-order valence-corrected chi connectivity index (χ0v) is 17.0. The number of aromatic hydroxyl groups is 1. The Balaban J connectivity index is 1.51. The molecule has 8 heteroatoms. The monoisotopic (exact) mass is 422 g/mol. The average Bonchev–Trinajstić information content (AvgIpc) is 3.42. The van der Waals surface area contributed by atoms with E-state index in [1.54, 1.807) is 35.7 Å². The van der Waals surface area contributed by atoms with Crippen molar-refractivity contribution in [3.8, 4) is 28.1 Å². The Kier molecular flexibility index (Phi) is 5.83. The molecule has 0 unspecified atom stereocenters. The van der Waals surface area contributed by atoms with Gasteiger partial charge in [0, 0.05) is 30.1 Å². The third-order valence-electron chi connectivity index (χ3n) is 4.16. The molecule has 0 bridgehead atoms. The molecule has 4 rings (SSSR count). The number of rotatable bonds is 7. The van der Waals surface area contributed by atoms with E-state index < -0.39 is 0 Å². The highest BCUT2D eigenvalue weighted by Crippen LogP contribution is 2.30. The Bertz CT molecular complexity index is 1100. The molecule has 1 amide bonds. The zero-order valence-electron chi connectivity index (χ0n) is 15.3. The van der Waals surface area contributed by atoms with Crippen molar-refractivity contribution in [2.45, 2.75) is 6.42 Å². The summed E-state index contributed by atoms with van der Waals surface area (Å²) in [6.07, 6.45) is 1.95. The molecule has 1 aromatic carbocycles. The number of phenols is 1. The Morgan fingerprint density at radius 3 is 2.76 bits per heavy atom. The number of phenolic OH excluding ortho intramolecular Hbond substituents is 1. The summed E-state index contributed by atoms with van der Waals surface area (Å²) < 4.78 is 0. The fraction of sp³-hybridized carbons (Fsp3) is 0.0952. The average molecular weight is 423 g/mol. The summed E-state index contributed by atoms with van der Waals surface area (Å²) >= 11 is 3.02. The van der Waals surface area contributed by atoms with Crippen LogP contribution in [0.3, 0.4) is 0 Å². The first-order chi connectivity index (χ1) is 14.2. The number of hydrogen-bond acceptors (Lipinski definition) is 7. The number of thiazole rings is 1. The first-order valence-corrected chi connectivity index (χ1v) is 10.8. The molecule has 0 aliphatic heterocycles. The minimum atomic E-state index is -0.102. The number of benzene rings is 1. The lowest BCUT2D eigenvalue weighted by molar-refractivity contribution is -0.115. The molecule has 0 aliphatic carbocycles. The maximum Gasteiger partial charge on any atom is 0.227 e. The van der Waals surface area contributed by atoms with Crippen LogP contribution in [-0.2, 0) is 4.79 Å². The van der Waals surface area contributed by atoms with Gasteiger partial charge in [-0.3, -0.25) is 4.79 Å². The lowest BCUT2D eigenvalue weighted by atomic mass is 10.1. The van der Waals surface area contributed by atoms with Gasteiger partial charge in [0.1, 0.15) is 11.6 Å². The van der Waals surface area contributed by atoms with Crippen molar-refractivity contribution < 1.29 is 9.90 Å². The fourth-order valence-electron chi connectivity index (χ4n) is 2.80. The standard InChI is InChI=1S/C21H18N4O2S2/c26-17-3-1-2-14(10-17)18-11-16(15-5-8-28-13-15)12-19(24-18)22-6-4-20(27)25-21-23-7-9-29-21/h1-3,5,7-13,26H,4,6H2,(H,22,24)(H,23,25,27). The van der Waals surface area contributed by atoms with Gasteiger partial charge in [-0.25, -0.2) is 9.97 Å². The summed E-state index contributed by atoms with van der Waals surface area (Å²) in [7, 11) is 0. The van der Waals surface area contributed by atoms with Gasteiger partial charge in [0.2, 0.25) is 5.91 Å². The second-order valence-corrected chi connectivity index (χ2v) is 7.93. The molecule has 0 saturated carbocycles. The molecule has 3 heterocycles. The van der Waals surface area contributed by atoms with Crippen molar-refractivity contribution in [3.05, 3.63) is 64.8 Å². The van der Waals surface area contributed by atoms with Crippen LogP contribution in [0.4, 0.5) is 10.9 Å². The molecule has 0 radical (unpaired) electrons. The molecule has 29 heavy (non-hydrogen) atoms. The first kappa shape index (κ1) is 19.1. The second-order valence-electron chi connectivity index (χ2n) is 6.25. The van der Waals surface area contributed by atoms with Gasteiger partial charge in [0.05, 0.1) is 5.69 Å². The minimum Gasteiger partial charge on any atom is -0.508 e. The number of carbonyl (C=O) groups excluding carboxylic acids is 1. The summed E-state index contributed by atoms with van der Waals surface area (Å²) in [6.45, 7) is 0.441. The van der Waals surface area contributed by atoms with Gasteiger partial charge in [-0.1, -0.05) is 12.1 Å². The van der Waals surface area contributed by atoms with Crippen molar-refractivity contribution in [2.75, 3.05) is 17.2 Å². The van der Waals surface area contributed by atoms with Crippen molar-refractivity contribution in [3.63, 3.8) is 0 Å². The Morgan fingerprint density at radius 2 is 2.00 bits per heavy atom. The van der Waals surface area contributed by atoms with Gasteiger partial charge in [-0.15, -0.1) is 11.3 Å². The van der Waals surface area contributed by atoms with Gasteiger partial charge >= 0.3 is 0 Å². The molecule has 0 spiro atoms. The van der Waals surface area contributed by atoms with Gasteiger partial charge in [0.25, 0.3) is 0 Å². The molecular weight excluding hydrogens is 404 g/mol. The van der Waals surface area contributed by atoms with Gasteiger partial charge < -0.3 is 15.7 Å². The Hall–Kier alpha value is -3.23. The quantitative estimate of drug-likeness (QED) is 0.387. The van der Waals surface area contributed by atoms with Gasteiger partial charge in [-0.05, 0) is 52.2 Å². The summed E-state index contributed by atoms with van der Waals surface area (Å²) in [6, 6.07) is 13.0. The molecule has 0 aliphatic rings. The molecule has 3 N–H and O–H groups in total. The van der Waals surface area contributed by atoms with E-state index in [0.717, 1.165) is 22.4 Å². The Morgan fingerprint density at radius 1 is 1.07 bits per heavy atom.